The van der Waals surface area contributed by atoms with Crippen LogP contribution in [0.4, 0.5) is 30.2 Å². The Hall–Kier alpha value is -4.32. The number of halogens is 4. The molecule has 0 atom stereocenters. The first-order valence-corrected chi connectivity index (χ1v) is 13.5. The number of nitrogens with zero attached hydrogens (tertiary/aromatic N) is 4. The molecule has 42 heavy (non-hydrogen) atoms. The van der Waals surface area contributed by atoms with Gasteiger partial charge in [0.05, 0.1) is 5.56 Å². The molecule has 9 nitrogen and oxygen atoms in total. The summed E-state index contributed by atoms with van der Waals surface area (Å²) in [6.07, 6.45) is 0.550. The number of rotatable bonds is 4. The number of nitrogen functional groups attached to an aromatic ring is 1. The van der Waals surface area contributed by atoms with Crippen molar-refractivity contribution in [3.8, 4) is 0 Å². The molecule has 2 aromatic carbocycles. The van der Waals surface area contributed by atoms with Crippen molar-refractivity contribution in [3.63, 3.8) is 0 Å². The van der Waals surface area contributed by atoms with Crippen LogP contribution in [0.3, 0.4) is 0 Å². The Labute approximate surface area is 245 Å². The van der Waals surface area contributed by atoms with Crippen LogP contribution in [0.2, 0.25) is 5.02 Å². The maximum Gasteiger partial charge on any atom is 0.490 e. The van der Waals surface area contributed by atoms with Crippen molar-refractivity contribution in [2.24, 2.45) is 5.92 Å². The van der Waals surface area contributed by atoms with Gasteiger partial charge in [-0.25, -0.2) is 4.79 Å². The number of benzene rings is 2. The topological polar surface area (TPSA) is 120 Å². The first-order chi connectivity index (χ1) is 19.9. The van der Waals surface area contributed by atoms with Gasteiger partial charge in [0.15, 0.2) is 0 Å². The highest BCUT2D eigenvalue weighted by Gasteiger charge is 2.38. The second-order valence-corrected chi connectivity index (χ2v) is 10.4. The van der Waals surface area contributed by atoms with E-state index in [2.05, 4.69) is 9.88 Å². The predicted octanol–water partition coefficient (Wildman–Crippen LogP) is 4.86. The molecule has 1 saturated heterocycles. The first-order valence-electron chi connectivity index (χ1n) is 13.1. The molecule has 0 aliphatic carbocycles. The molecule has 3 heterocycles. The number of para-hydroxylation sites is 1. The Morgan fingerprint density at radius 1 is 1.02 bits per heavy atom. The second kappa shape index (κ2) is 13.1. The molecule has 222 valence electrons. The largest absolute Gasteiger partial charge is 0.490 e. The number of aliphatic carboxylic acids is 1. The van der Waals surface area contributed by atoms with Crippen LogP contribution in [-0.4, -0.2) is 65.1 Å². The van der Waals surface area contributed by atoms with Crippen molar-refractivity contribution in [1.29, 1.82) is 0 Å². The molecule has 2 aliphatic heterocycles. The van der Waals surface area contributed by atoms with E-state index in [0.29, 0.717) is 35.3 Å². The highest BCUT2D eigenvalue weighted by Crippen LogP contribution is 2.31. The summed E-state index contributed by atoms with van der Waals surface area (Å²) >= 11 is 6.01. The molecule has 0 unspecified atom stereocenters. The van der Waals surface area contributed by atoms with Gasteiger partial charge in [0.2, 0.25) is 5.91 Å². The smallest absolute Gasteiger partial charge is 0.475 e. The van der Waals surface area contributed by atoms with Crippen LogP contribution >= 0.6 is 11.6 Å². The van der Waals surface area contributed by atoms with Crippen molar-refractivity contribution < 1.29 is 32.7 Å². The molecule has 3 aromatic rings. The van der Waals surface area contributed by atoms with E-state index >= 15 is 0 Å². The minimum atomic E-state index is -5.08. The molecule has 0 radical (unpaired) electrons. The predicted molar refractivity (Wildman–Crippen MR) is 152 cm³/mol. The number of carbonyl (C=O) groups excluding carboxylic acids is 2. The first kappa shape index (κ1) is 30.6. The quantitative estimate of drug-likeness (QED) is 0.409. The van der Waals surface area contributed by atoms with Gasteiger partial charge in [-0.2, -0.15) is 13.2 Å². The third-order valence-corrected chi connectivity index (χ3v) is 7.36. The van der Waals surface area contributed by atoms with Gasteiger partial charge < -0.3 is 25.5 Å². The fourth-order valence-corrected chi connectivity index (χ4v) is 5.16. The van der Waals surface area contributed by atoms with Crippen molar-refractivity contribution in [2.75, 3.05) is 41.7 Å². The van der Waals surface area contributed by atoms with E-state index in [0.717, 1.165) is 37.2 Å². The summed E-state index contributed by atoms with van der Waals surface area (Å²) in [5.74, 6) is -2.71. The van der Waals surface area contributed by atoms with Crippen LogP contribution in [-0.2, 0) is 16.1 Å². The number of amides is 2. The van der Waals surface area contributed by atoms with E-state index in [1.165, 1.54) is 5.69 Å². The Bertz CT molecular complexity index is 1430. The van der Waals surface area contributed by atoms with Crippen molar-refractivity contribution in [1.82, 2.24) is 9.88 Å². The van der Waals surface area contributed by atoms with E-state index in [1.807, 2.05) is 53.7 Å². The van der Waals surface area contributed by atoms with Crippen LogP contribution in [0, 0.1) is 5.92 Å². The zero-order chi connectivity index (χ0) is 30.4. The number of carboxylic acid groups (broad SMARTS) is 1. The fraction of sp³-hybridized carbons (Fsp3) is 0.310. The number of fused-ring (bicyclic) bond motifs is 1. The molecule has 5 rings (SSSR count). The number of piperidine rings is 1. The summed E-state index contributed by atoms with van der Waals surface area (Å²) in [4.78, 5) is 45.6. The minimum absolute atomic E-state index is 0.00540. The standard InChI is InChI=1S/C27H28ClN5O2.C2HF3O2/c28-21-5-6-23(24(29)15-21)27(35)32-17-20-3-1-2-4-25(20)33(26(34)18-32)16-19-9-13-31(14-10-19)22-7-11-30-12-8-22;3-2(4,5)1(6)7/h1-8,11-12,15,19H,9-10,13-14,16-18,29H2;(H,6,7). The highest BCUT2D eigenvalue weighted by atomic mass is 35.5. The number of carbonyl (C=O) groups is 3. The normalized spacial score (nSPS) is 15.8. The number of aromatic nitrogens is 1. The SMILES string of the molecule is Nc1cc(Cl)ccc1C(=O)N1CC(=O)N(CC2CCN(c3ccncc3)CC2)c2ccccc2C1.O=C(O)C(F)(F)F. The summed E-state index contributed by atoms with van der Waals surface area (Å²) in [5, 5.41) is 7.59. The molecule has 1 fully saturated rings. The van der Waals surface area contributed by atoms with Crippen LogP contribution in [0.15, 0.2) is 67.0 Å². The van der Waals surface area contributed by atoms with Crippen molar-refractivity contribution in [2.45, 2.75) is 25.6 Å². The lowest BCUT2D eigenvalue weighted by molar-refractivity contribution is -0.192. The zero-order valence-electron chi connectivity index (χ0n) is 22.4. The number of carboxylic acids is 1. The lowest BCUT2D eigenvalue weighted by atomic mass is 9.95. The van der Waals surface area contributed by atoms with Gasteiger partial charge in [0.25, 0.3) is 5.91 Å². The number of nitrogens with two attached hydrogens (primary N) is 1. The number of hydrogen-bond donors (Lipinski definition) is 2. The maximum absolute atomic E-state index is 13.5. The molecule has 1 aromatic heterocycles. The Morgan fingerprint density at radius 3 is 2.29 bits per heavy atom. The average molecular weight is 604 g/mol. The zero-order valence-corrected chi connectivity index (χ0v) is 23.2. The molecule has 3 N–H and O–H groups in total. The summed E-state index contributed by atoms with van der Waals surface area (Å²) in [6, 6.07) is 16.7. The van der Waals surface area contributed by atoms with Crippen molar-refractivity contribution >= 4 is 46.4 Å². The van der Waals surface area contributed by atoms with Crippen LogP contribution < -0.4 is 15.5 Å². The Morgan fingerprint density at radius 2 is 1.67 bits per heavy atom. The molecular formula is C29H29ClF3N5O4. The van der Waals surface area contributed by atoms with Gasteiger partial charge in [0, 0.05) is 60.7 Å². The van der Waals surface area contributed by atoms with Gasteiger partial charge in [0.1, 0.15) is 6.54 Å². The van der Waals surface area contributed by atoms with E-state index in [-0.39, 0.29) is 18.4 Å². The summed E-state index contributed by atoms with van der Waals surface area (Å²) in [6.45, 7) is 2.88. The number of hydrogen-bond acceptors (Lipinski definition) is 6. The molecule has 0 saturated carbocycles. The van der Waals surface area contributed by atoms with Gasteiger partial charge in [-0.15, -0.1) is 0 Å². The Kier molecular flexibility index (Phi) is 9.56. The molecule has 2 amide bonds. The number of pyridine rings is 1. The van der Waals surface area contributed by atoms with Crippen LogP contribution in [0.25, 0.3) is 0 Å². The number of anilines is 3. The van der Waals surface area contributed by atoms with Gasteiger partial charge in [-0.1, -0.05) is 29.8 Å². The van der Waals surface area contributed by atoms with Gasteiger partial charge >= 0.3 is 12.1 Å². The lowest BCUT2D eigenvalue weighted by Gasteiger charge is -2.36. The van der Waals surface area contributed by atoms with Gasteiger partial charge in [-0.3, -0.25) is 14.6 Å². The minimum Gasteiger partial charge on any atom is -0.475 e. The molecule has 2 aliphatic rings. The number of alkyl halides is 3. The molecule has 13 heteroatoms. The molecule has 0 spiro atoms. The summed E-state index contributed by atoms with van der Waals surface area (Å²) in [7, 11) is 0. The summed E-state index contributed by atoms with van der Waals surface area (Å²) in [5.41, 5.74) is 9.76. The maximum atomic E-state index is 13.5. The molecular weight excluding hydrogens is 575 g/mol. The van der Waals surface area contributed by atoms with E-state index in [4.69, 9.17) is 27.2 Å². The fourth-order valence-electron chi connectivity index (χ4n) is 4.98. The summed E-state index contributed by atoms with van der Waals surface area (Å²) < 4.78 is 31.7. The van der Waals surface area contributed by atoms with Gasteiger partial charge in [-0.05, 0) is 60.7 Å². The second-order valence-electron chi connectivity index (χ2n) is 9.96. The van der Waals surface area contributed by atoms with Crippen LogP contribution in [0.1, 0.15) is 28.8 Å². The highest BCUT2D eigenvalue weighted by molar-refractivity contribution is 6.31. The third kappa shape index (κ3) is 7.49. The Balaban J connectivity index is 0.000000517. The average Bonchev–Trinajstić information content (AvgIpc) is 3.09. The third-order valence-electron chi connectivity index (χ3n) is 7.13. The van der Waals surface area contributed by atoms with E-state index in [1.54, 1.807) is 23.1 Å². The molecule has 0 bridgehead atoms. The van der Waals surface area contributed by atoms with E-state index < -0.39 is 12.1 Å². The van der Waals surface area contributed by atoms with Crippen molar-refractivity contribution in [3.05, 3.63) is 83.1 Å². The van der Waals surface area contributed by atoms with E-state index in [9.17, 15) is 22.8 Å². The lowest BCUT2D eigenvalue weighted by Crippen LogP contribution is -2.44. The van der Waals surface area contributed by atoms with Crippen LogP contribution in [0.5, 0.6) is 0 Å². The monoisotopic (exact) mass is 603 g/mol.